The Morgan fingerprint density at radius 1 is 1.09 bits per heavy atom. The van der Waals surface area contributed by atoms with Crippen LogP contribution in [-0.2, 0) is 17.4 Å². The molecule has 2 heterocycles. The van der Waals surface area contributed by atoms with Gasteiger partial charge in [0.15, 0.2) is 11.5 Å². The fourth-order valence-corrected chi connectivity index (χ4v) is 5.28. The highest BCUT2D eigenvalue weighted by Crippen LogP contribution is 2.50. The van der Waals surface area contributed by atoms with Crippen LogP contribution in [0.5, 0.6) is 11.5 Å². The summed E-state index contributed by atoms with van der Waals surface area (Å²) in [6, 6.07) is 15.5. The summed E-state index contributed by atoms with van der Waals surface area (Å²) in [6.45, 7) is 1.98. The molecule has 3 aromatic rings. The minimum Gasteiger partial charge on any atom is -0.477 e. The number of para-hydroxylation sites is 1. The number of alkyl halides is 3. The van der Waals surface area contributed by atoms with E-state index < -0.39 is 17.7 Å². The SMILES string of the molecule is CCc1cc(C2=C(C(=O)O)N(c3ccccc3C(F)(F)F)Sc3ccccc32)cc2c1OCO2. The lowest BCUT2D eigenvalue weighted by molar-refractivity contribution is -0.137. The van der Waals surface area contributed by atoms with Gasteiger partial charge in [0, 0.05) is 16.0 Å². The minimum absolute atomic E-state index is 0.0497. The van der Waals surface area contributed by atoms with E-state index in [-0.39, 0.29) is 18.2 Å². The van der Waals surface area contributed by atoms with Gasteiger partial charge >= 0.3 is 12.1 Å². The highest BCUT2D eigenvalue weighted by molar-refractivity contribution is 8.01. The Kier molecular flexibility index (Phi) is 5.44. The predicted molar refractivity (Wildman–Crippen MR) is 122 cm³/mol. The molecule has 5 rings (SSSR count). The van der Waals surface area contributed by atoms with Gasteiger partial charge in [-0.05, 0) is 59.8 Å². The Balaban J connectivity index is 1.82. The second-order valence-corrected chi connectivity index (χ2v) is 8.64. The molecule has 0 saturated carbocycles. The first-order valence-electron chi connectivity index (χ1n) is 10.4. The van der Waals surface area contributed by atoms with Crippen molar-refractivity contribution in [2.75, 3.05) is 11.1 Å². The maximum Gasteiger partial charge on any atom is 0.418 e. The molecule has 0 saturated heterocycles. The van der Waals surface area contributed by atoms with Crippen molar-refractivity contribution in [3.8, 4) is 11.5 Å². The number of rotatable bonds is 4. The highest BCUT2D eigenvalue weighted by atomic mass is 32.2. The molecule has 0 bridgehead atoms. The molecule has 0 radical (unpaired) electrons. The Labute approximate surface area is 197 Å². The lowest BCUT2D eigenvalue weighted by atomic mass is 9.92. The summed E-state index contributed by atoms with van der Waals surface area (Å²) in [7, 11) is 0. The van der Waals surface area contributed by atoms with E-state index in [4.69, 9.17) is 9.47 Å². The van der Waals surface area contributed by atoms with Gasteiger partial charge in [-0.1, -0.05) is 37.3 Å². The molecule has 0 aromatic heterocycles. The zero-order chi connectivity index (χ0) is 24.0. The van der Waals surface area contributed by atoms with Gasteiger partial charge in [-0.25, -0.2) is 4.79 Å². The number of carboxylic acid groups (broad SMARTS) is 1. The van der Waals surface area contributed by atoms with Crippen LogP contribution in [0.2, 0.25) is 0 Å². The van der Waals surface area contributed by atoms with Gasteiger partial charge in [-0.3, -0.25) is 4.31 Å². The lowest BCUT2D eigenvalue weighted by Crippen LogP contribution is -2.28. The highest BCUT2D eigenvalue weighted by Gasteiger charge is 2.39. The van der Waals surface area contributed by atoms with Crippen molar-refractivity contribution in [3.05, 3.63) is 88.6 Å². The topological polar surface area (TPSA) is 59.0 Å². The number of carboxylic acids is 1. The first-order valence-corrected chi connectivity index (χ1v) is 11.2. The van der Waals surface area contributed by atoms with Crippen molar-refractivity contribution in [1.29, 1.82) is 0 Å². The van der Waals surface area contributed by atoms with Gasteiger partial charge in [0.1, 0.15) is 5.70 Å². The molecule has 9 heteroatoms. The first kappa shape index (κ1) is 22.2. The monoisotopic (exact) mass is 485 g/mol. The van der Waals surface area contributed by atoms with Crippen molar-refractivity contribution in [1.82, 2.24) is 0 Å². The lowest BCUT2D eigenvalue weighted by Gasteiger charge is -2.33. The van der Waals surface area contributed by atoms with Gasteiger partial charge < -0.3 is 14.6 Å². The van der Waals surface area contributed by atoms with Crippen LogP contribution in [0.25, 0.3) is 5.57 Å². The van der Waals surface area contributed by atoms with Gasteiger partial charge in [0.2, 0.25) is 6.79 Å². The second kappa shape index (κ2) is 8.32. The van der Waals surface area contributed by atoms with Gasteiger partial charge in [0.05, 0.1) is 11.3 Å². The molecule has 0 fully saturated rings. The van der Waals surface area contributed by atoms with Crippen LogP contribution in [0, 0.1) is 0 Å². The van der Waals surface area contributed by atoms with Crippen LogP contribution in [0.15, 0.2) is 71.3 Å². The maximum absolute atomic E-state index is 13.9. The Morgan fingerprint density at radius 2 is 1.82 bits per heavy atom. The van der Waals surface area contributed by atoms with E-state index in [1.54, 1.807) is 30.3 Å². The van der Waals surface area contributed by atoms with Crippen LogP contribution in [0.4, 0.5) is 18.9 Å². The number of anilines is 1. The Hall–Kier alpha value is -3.59. The standard InChI is InChI=1S/C25H18F3NO4S/c1-2-14-11-15(12-19-23(14)33-13-32-19)21-16-7-3-6-10-20(16)34-29(22(21)24(30)31)18-9-5-4-8-17(18)25(26,27)28/h3-12H,2,13H2,1H3,(H,30,31). The molecule has 0 atom stereocenters. The smallest absolute Gasteiger partial charge is 0.418 e. The van der Waals surface area contributed by atoms with Crippen molar-refractivity contribution in [3.63, 3.8) is 0 Å². The molecule has 2 aliphatic heterocycles. The van der Waals surface area contributed by atoms with Gasteiger partial charge in [0.25, 0.3) is 0 Å². The van der Waals surface area contributed by atoms with Crippen molar-refractivity contribution in [2.45, 2.75) is 24.4 Å². The number of aliphatic carboxylic acids is 1. The van der Waals surface area contributed by atoms with E-state index in [9.17, 15) is 23.1 Å². The molecular formula is C25H18F3NO4S. The van der Waals surface area contributed by atoms with E-state index in [0.29, 0.717) is 39.5 Å². The van der Waals surface area contributed by atoms with E-state index >= 15 is 0 Å². The molecule has 3 aromatic carbocycles. The number of carbonyl (C=O) groups is 1. The molecule has 0 unspecified atom stereocenters. The summed E-state index contributed by atoms with van der Waals surface area (Å²) in [6.07, 6.45) is -4.06. The summed E-state index contributed by atoms with van der Waals surface area (Å²) in [5.41, 5.74) is 0.849. The van der Waals surface area contributed by atoms with Crippen LogP contribution >= 0.6 is 11.9 Å². The quantitative estimate of drug-likeness (QED) is 0.434. The zero-order valence-electron chi connectivity index (χ0n) is 17.8. The largest absolute Gasteiger partial charge is 0.477 e. The maximum atomic E-state index is 13.9. The van der Waals surface area contributed by atoms with Crippen LogP contribution in [-0.4, -0.2) is 17.9 Å². The summed E-state index contributed by atoms with van der Waals surface area (Å²) in [5.74, 6) is -0.268. The van der Waals surface area contributed by atoms with Crippen LogP contribution in [0.1, 0.15) is 29.2 Å². The summed E-state index contributed by atoms with van der Waals surface area (Å²) in [5, 5.41) is 10.3. The van der Waals surface area contributed by atoms with E-state index in [0.717, 1.165) is 27.9 Å². The minimum atomic E-state index is -4.66. The number of hydrogen-bond acceptors (Lipinski definition) is 5. The Bertz CT molecular complexity index is 1340. The molecule has 34 heavy (non-hydrogen) atoms. The normalized spacial score (nSPS) is 14.9. The van der Waals surface area contributed by atoms with Crippen LogP contribution < -0.4 is 13.8 Å². The fourth-order valence-electron chi connectivity index (χ4n) is 4.16. The predicted octanol–water partition coefficient (Wildman–Crippen LogP) is 6.37. The Morgan fingerprint density at radius 3 is 2.56 bits per heavy atom. The van der Waals surface area contributed by atoms with Crippen molar-refractivity contribution < 1.29 is 32.5 Å². The first-order chi connectivity index (χ1) is 16.3. The summed E-state index contributed by atoms with van der Waals surface area (Å²) < 4.78 is 53.9. The molecule has 174 valence electrons. The van der Waals surface area contributed by atoms with Gasteiger partial charge in [-0.2, -0.15) is 13.2 Å². The molecular weight excluding hydrogens is 467 g/mol. The number of nitrogens with zero attached hydrogens (tertiary/aromatic N) is 1. The molecule has 2 aliphatic rings. The summed E-state index contributed by atoms with van der Waals surface area (Å²) in [4.78, 5) is 13.3. The number of benzene rings is 3. The van der Waals surface area contributed by atoms with Crippen molar-refractivity contribution in [2.24, 2.45) is 0 Å². The molecule has 0 spiro atoms. The van der Waals surface area contributed by atoms with E-state index in [2.05, 4.69) is 0 Å². The van der Waals surface area contributed by atoms with Gasteiger partial charge in [-0.15, -0.1) is 0 Å². The number of hydrogen-bond donors (Lipinski definition) is 1. The molecule has 0 amide bonds. The third-order valence-electron chi connectivity index (χ3n) is 5.64. The summed E-state index contributed by atoms with van der Waals surface area (Å²) >= 11 is 0.949. The number of fused-ring (bicyclic) bond motifs is 2. The van der Waals surface area contributed by atoms with Crippen molar-refractivity contribution >= 4 is 29.2 Å². The molecule has 0 aliphatic carbocycles. The zero-order valence-corrected chi connectivity index (χ0v) is 18.7. The molecule has 5 nitrogen and oxygen atoms in total. The second-order valence-electron chi connectivity index (χ2n) is 7.65. The molecule has 1 N–H and O–H groups in total. The average Bonchev–Trinajstić information content (AvgIpc) is 3.30. The number of halogens is 3. The van der Waals surface area contributed by atoms with Crippen LogP contribution in [0.3, 0.4) is 0 Å². The number of aryl methyl sites for hydroxylation is 1. The average molecular weight is 485 g/mol. The van der Waals surface area contributed by atoms with E-state index in [1.165, 1.54) is 18.2 Å². The third-order valence-corrected chi connectivity index (χ3v) is 6.75. The fraction of sp³-hybridized carbons (Fsp3) is 0.160. The third kappa shape index (κ3) is 3.66. The number of ether oxygens (including phenoxy) is 2. The van der Waals surface area contributed by atoms with E-state index in [1.807, 2.05) is 13.0 Å².